The van der Waals surface area contributed by atoms with Gasteiger partial charge in [-0.1, -0.05) is 0 Å². The van der Waals surface area contributed by atoms with Crippen molar-refractivity contribution in [3.05, 3.63) is 29.6 Å². The second-order valence-electron chi connectivity index (χ2n) is 4.56. The molecule has 0 saturated carbocycles. The molecule has 18 heavy (non-hydrogen) atoms. The number of hydrogen-bond acceptors (Lipinski definition) is 3. The van der Waals surface area contributed by atoms with E-state index in [0.29, 0.717) is 6.54 Å². The highest BCUT2D eigenvalue weighted by molar-refractivity contribution is 5.55. The quantitative estimate of drug-likeness (QED) is 0.873. The van der Waals surface area contributed by atoms with Gasteiger partial charge < -0.3 is 10.6 Å². The van der Waals surface area contributed by atoms with Gasteiger partial charge in [-0.15, -0.1) is 0 Å². The van der Waals surface area contributed by atoms with Crippen molar-refractivity contribution in [1.82, 2.24) is 0 Å². The first-order chi connectivity index (χ1) is 8.49. The van der Waals surface area contributed by atoms with Gasteiger partial charge in [-0.3, -0.25) is 0 Å². The predicted octanol–water partition coefficient (Wildman–Crippen LogP) is 2.83. The van der Waals surface area contributed by atoms with Crippen molar-refractivity contribution in [2.45, 2.75) is 26.8 Å². The lowest BCUT2D eigenvalue weighted by Gasteiger charge is -2.27. The van der Waals surface area contributed by atoms with Crippen molar-refractivity contribution in [2.24, 2.45) is 11.7 Å². The summed E-state index contributed by atoms with van der Waals surface area (Å²) in [6.07, 6.45) is 0. The number of nitriles is 1. The fraction of sp³-hybridized carbons (Fsp3) is 0.500. The number of halogens is 1. The highest BCUT2D eigenvalue weighted by atomic mass is 19.1. The summed E-state index contributed by atoms with van der Waals surface area (Å²) < 4.78 is 13.3. The van der Waals surface area contributed by atoms with Gasteiger partial charge in [0.2, 0.25) is 0 Å². The van der Waals surface area contributed by atoms with Crippen LogP contribution in [-0.4, -0.2) is 13.1 Å². The van der Waals surface area contributed by atoms with Crippen LogP contribution in [0.1, 0.15) is 32.4 Å². The van der Waals surface area contributed by atoms with Crippen LogP contribution in [0.25, 0.3) is 0 Å². The lowest BCUT2D eigenvalue weighted by Crippen LogP contribution is -2.29. The smallest absolute Gasteiger partial charge is 0.123 e. The highest BCUT2D eigenvalue weighted by Gasteiger charge is 2.15. The molecule has 0 saturated heterocycles. The molecule has 0 aromatic heterocycles. The lowest BCUT2D eigenvalue weighted by molar-refractivity contribution is 0.619. The molecule has 98 valence electrons. The van der Waals surface area contributed by atoms with Gasteiger partial charge in [0, 0.05) is 24.8 Å². The summed E-state index contributed by atoms with van der Waals surface area (Å²) in [5.74, 6) is -0.355. The minimum atomic E-state index is -0.282. The summed E-state index contributed by atoms with van der Waals surface area (Å²) in [7, 11) is 0. The van der Waals surface area contributed by atoms with E-state index in [1.807, 2.05) is 20.8 Å². The van der Waals surface area contributed by atoms with E-state index in [0.717, 1.165) is 17.8 Å². The molecule has 0 amide bonds. The second kappa shape index (κ2) is 6.36. The number of rotatable bonds is 5. The van der Waals surface area contributed by atoms with Crippen molar-refractivity contribution in [1.29, 1.82) is 5.26 Å². The van der Waals surface area contributed by atoms with E-state index in [4.69, 9.17) is 11.0 Å². The zero-order valence-electron chi connectivity index (χ0n) is 11.2. The standard InChI is InChI=1S/C14H20FN3/c1-4-18(9-10(2)8-16)14-6-5-12(15)7-13(14)11(3)17/h5-7,10-11H,4,9,17H2,1-3H3/t10?,11-/m0/s1. The zero-order chi connectivity index (χ0) is 13.7. The van der Waals surface area contributed by atoms with Crippen LogP contribution in [0.5, 0.6) is 0 Å². The van der Waals surface area contributed by atoms with E-state index in [9.17, 15) is 4.39 Å². The second-order valence-corrected chi connectivity index (χ2v) is 4.56. The number of hydrogen-bond donors (Lipinski definition) is 1. The molecule has 0 radical (unpaired) electrons. The molecular weight excluding hydrogens is 229 g/mol. The molecule has 0 fully saturated rings. The van der Waals surface area contributed by atoms with E-state index in [1.165, 1.54) is 12.1 Å². The van der Waals surface area contributed by atoms with Crippen molar-refractivity contribution >= 4 is 5.69 Å². The van der Waals surface area contributed by atoms with E-state index in [-0.39, 0.29) is 17.8 Å². The molecule has 0 spiro atoms. The van der Waals surface area contributed by atoms with Gasteiger partial charge >= 0.3 is 0 Å². The zero-order valence-corrected chi connectivity index (χ0v) is 11.2. The summed E-state index contributed by atoms with van der Waals surface area (Å²) in [6.45, 7) is 7.10. The Morgan fingerprint density at radius 3 is 2.61 bits per heavy atom. The first-order valence-corrected chi connectivity index (χ1v) is 6.19. The molecule has 1 rings (SSSR count). The molecule has 1 aromatic rings. The molecule has 2 N–H and O–H groups in total. The average Bonchev–Trinajstić information content (AvgIpc) is 2.35. The Kier molecular flexibility index (Phi) is 5.11. The SMILES string of the molecule is CCN(CC(C)C#N)c1ccc(F)cc1[C@H](C)N. The summed E-state index contributed by atoms with van der Waals surface area (Å²) in [6, 6.07) is 6.62. The minimum absolute atomic E-state index is 0.0732. The Hall–Kier alpha value is -1.60. The van der Waals surface area contributed by atoms with Crippen LogP contribution in [0.15, 0.2) is 18.2 Å². The average molecular weight is 249 g/mol. The Morgan fingerprint density at radius 2 is 2.11 bits per heavy atom. The number of benzene rings is 1. The Balaban J connectivity index is 3.09. The molecule has 3 nitrogen and oxygen atoms in total. The van der Waals surface area contributed by atoms with Crippen LogP contribution < -0.4 is 10.6 Å². The molecule has 0 aliphatic rings. The largest absolute Gasteiger partial charge is 0.370 e. The molecular formula is C14H20FN3. The van der Waals surface area contributed by atoms with Crippen LogP contribution in [0.3, 0.4) is 0 Å². The molecule has 2 atom stereocenters. The fourth-order valence-electron chi connectivity index (χ4n) is 1.95. The van der Waals surface area contributed by atoms with Crippen LogP contribution in [0.2, 0.25) is 0 Å². The van der Waals surface area contributed by atoms with Gasteiger partial charge in [-0.05, 0) is 44.5 Å². The number of anilines is 1. The molecule has 1 aromatic carbocycles. The third kappa shape index (κ3) is 3.44. The van der Waals surface area contributed by atoms with E-state index < -0.39 is 0 Å². The lowest BCUT2D eigenvalue weighted by atomic mass is 10.0. The third-order valence-corrected chi connectivity index (χ3v) is 2.92. The van der Waals surface area contributed by atoms with Crippen molar-refractivity contribution in [3.63, 3.8) is 0 Å². The van der Waals surface area contributed by atoms with Crippen molar-refractivity contribution < 1.29 is 4.39 Å². The summed E-state index contributed by atoms with van der Waals surface area (Å²) >= 11 is 0. The molecule has 0 aliphatic carbocycles. The van der Waals surface area contributed by atoms with E-state index in [1.54, 1.807) is 6.07 Å². The topological polar surface area (TPSA) is 53.0 Å². The minimum Gasteiger partial charge on any atom is -0.370 e. The number of nitrogens with two attached hydrogens (primary N) is 1. The molecule has 1 unspecified atom stereocenters. The Bertz CT molecular complexity index is 437. The van der Waals surface area contributed by atoms with Crippen LogP contribution in [0.4, 0.5) is 10.1 Å². The van der Waals surface area contributed by atoms with Crippen LogP contribution in [0, 0.1) is 23.1 Å². The van der Waals surface area contributed by atoms with Gasteiger partial charge in [-0.25, -0.2) is 4.39 Å². The Labute approximate surface area is 108 Å². The third-order valence-electron chi connectivity index (χ3n) is 2.92. The maximum atomic E-state index is 13.3. The number of nitrogens with zero attached hydrogens (tertiary/aromatic N) is 2. The van der Waals surface area contributed by atoms with Gasteiger partial charge in [0.05, 0.1) is 12.0 Å². The van der Waals surface area contributed by atoms with Gasteiger partial charge in [0.15, 0.2) is 0 Å². The summed E-state index contributed by atoms with van der Waals surface area (Å²) in [5.41, 5.74) is 7.57. The normalized spacial score (nSPS) is 13.8. The molecule has 0 aliphatic heterocycles. The van der Waals surface area contributed by atoms with E-state index in [2.05, 4.69) is 11.0 Å². The van der Waals surface area contributed by atoms with E-state index >= 15 is 0 Å². The van der Waals surface area contributed by atoms with Crippen molar-refractivity contribution in [2.75, 3.05) is 18.0 Å². The predicted molar refractivity (Wildman–Crippen MR) is 71.7 cm³/mol. The molecule has 0 bridgehead atoms. The van der Waals surface area contributed by atoms with Crippen LogP contribution >= 0.6 is 0 Å². The maximum Gasteiger partial charge on any atom is 0.123 e. The maximum absolute atomic E-state index is 13.3. The van der Waals surface area contributed by atoms with Gasteiger partial charge in [0.25, 0.3) is 0 Å². The molecule has 4 heteroatoms. The monoisotopic (exact) mass is 249 g/mol. The summed E-state index contributed by atoms with van der Waals surface area (Å²) in [4.78, 5) is 2.06. The Morgan fingerprint density at radius 1 is 1.44 bits per heavy atom. The van der Waals surface area contributed by atoms with Crippen LogP contribution in [-0.2, 0) is 0 Å². The van der Waals surface area contributed by atoms with Gasteiger partial charge in [0.1, 0.15) is 5.82 Å². The first-order valence-electron chi connectivity index (χ1n) is 6.19. The summed E-state index contributed by atoms with van der Waals surface area (Å²) in [5, 5.41) is 8.89. The fourth-order valence-corrected chi connectivity index (χ4v) is 1.95. The molecule has 0 heterocycles. The van der Waals surface area contributed by atoms with Gasteiger partial charge in [-0.2, -0.15) is 5.26 Å². The highest BCUT2D eigenvalue weighted by Crippen LogP contribution is 2.26. The van der Waals surface area contributed by atoms with Crippen molar-refractivity contribution in [3.8, 4) is 6.07 Å². The first kappa shape index (κ1) is 14.5.